The Morgan fingerprint density at radius 3 is 2.49 bits per heavy atom. The third-order valence-corrected chi connectivity index (χ3v) is 8.42. The minimum absolute atomic E-state index is 0.0666. The highest BCUT2D eigenvalue weighted by atomic mass is 32.2. The van der Waals surface area contributed by atoms with Crippen LogP contribution in [0.5, 0.6) is 5.75 Å². The van der Waals surface area contributed by atoms with Crippen molar-refractivity contribution in [3.05, 3.63) is 84.2 Å². The van der Waals surface area contributed by atoms with Crippen molar-refractivity contribution in [2.45, 2.75) is 30.4 Å². The molecule has 1 fully saturated rings. The second-order valence-corrected chi connectivity index (χ2v) is 11.9. The normalized spacial score (nSPS) is 16.5. The number of aliphatic hydroxyl groups is 1. The zero-order chi connectivity index (χ0) is 28.0. The maximum atomic E-state index is 12.9. The average molecular weight is 574 g/mol. The molecule has 1 aliphatic heterocycles. The third kappa shape index (κ3) is 8.20. The lowest BCUT2D eigenvalue weighted by Crippen LogP contribution is -2.38. The van der Waals surface area contributed by atoms with E-state index in [1.807, 2.05) is 25.1 Å². The molecule has 0 spiro atoms. The first kappa shape index (κ1) is 28.9. The number of hydrogen-bond acceptors (Lipinski definition) is 8. The number of aromatic nitrogens is 1. The first-order valence-electron chi connectivity index (χ1n) is 12.5. The van der Waals surface area contributed by atoms with Gasteiger partial charge in [-0.1, -0.05) is 41.2 Å². The number of nitrogens with zero attached hydrogens (tertiary/aromatic N) is 3. The Labute approximate surface area is 232 Å². The number of hydrogen-bond donors (Lipinski definition) is 2. The van der Waals surface area contributed by atoms with Gasteiger partial charge in [0.25, 0.3) is 10.1 Å². The van der Waals surface area contributed by atoms with Gasteiger partial charge in [-0.05, 0) is 61.9 Å². The fourth-order valence-corrected chi connectivity index (χ4v) is 5.72. The molecular weight excluding hydrogens is 541 g/mol. The lowest BCUT2D eigenvalue weighted by molar-refractivity contribution is 0.0754. The number of likely N-dealkylation sites (tertiary alicyclic amines) is 1. The highest BCUT2D eigenvalue weighted by Gasteiger charge is 2.28. The zero-order valence-electron chi connectivity index (χ0n) is 21.8. The van der Waals surface area contributed by atoms with E-state index >= 15 is 0 Å². The number of fused-ring (bicyclic) bond motifs is 1. The molecule has 5 rings (SSSR count). The molecule has 0 amide bonds. The van der Waals surface area contributed by atoms with Crippen molar-refractivity contribution in [2.75, 3.05) is 38.2 Å². The van der Waals surface area contributed by atoms with Gasteiger partial charge in [0.2, 0.25) is 0 Å². The number of anilines is 1. The minimum Gasteiger partial charge on any atom is -0.491 e. The summed E-state index contributed by atoms with van der Waals surface area (Å²) in [6.45, 7) is 4.42. The molecule has 0 saturated carbocycles. The summed E-state index contributed by atoms with van der Waals surface area (Å²) in [6.07, 6.45) is 0.453. The van der Waals surface area contributed by atoms with Crippen LogP contribution >= 0.6 is 11.3 Å². The quantitative estimate of drug-likeness (QED) is 0.294. The van der Waals surface area contributed by atoms with Crippen molar-refractivity contribution in [1.82, 2.24) is 9.88 Å². The van der Waals surface area contributed by atoms with Gasteiger partial charge in [-0.2, -0.15) is 8.42 Å². The van der Waals surface area contributed by atoms with Gasteiger partial charge in [0.15, 0.2) is 5.13 Å². The molecule has 2 N–H and O–H groups in total. The number of aryl methyl sites for hydroxylation is 1. The lowest BCUT2D eigenvalue weighted by Gasteiger charge is -2.25. The van der Waals surface area contributed by atoms with Gasteiger partial charge >= 0.3 is 0 Å². The zero-order valence-corrected chi connectivity index (χ0v) is 23.4. The number of rotatable bonds is 8. The summed E-state index contributed by atoms with van der Waals surface area (Å²) >= 11 is 1.71. The second kappa shape index (κ2) is 12.8. The van der Waals surface area contributed by atoms with Gasteiger partial charge in [-0.3, -0.25) is 9.45 Å². The molecule has 0 radical (unpaired) electrons. The van der Waals surface area contributed by atoms with Gasteiger partial charge in [0, 0.05) is 32.7 Å². The Balaban J connectivity index is 0.000000270. The Morgan fingerprint density at radius 1 is 1.13 bits per heavy atom. The molecule has 3 aromatic carbocycles. The van der Waals surface area contributed by atoms with E-state index in [4.69, 9.17) is 14.3 Å². The number of thiazole rings is 1. The van der Waals surface area contributed by atoms with Crippen molar-refractivity contribution in [1.29, 1.82) is 0 Å². The second-order valence-electron chi connectivity index (χ2n) is 9.48. The van der Waals surface area contributed by atoms with Crippen LogP contribution in [0.2, 0.25) is 0 Å². The molecule has 0 aliphatic carbocycles. The highest BCUT2D eigenvalue weighted by Crippen LogP contribution is 2.30. The molecular formula is C28H32FN3O5S2. The van der Waals surface area contributed by atoms with Crippen LogP contribution in [0.3, 0.4) is 0 Å². The van der Waals surface area contributed by atoms with Crippen molar-refractivity contribution in [3.8, 4) is 5.75 Å². The topological polar surface area (TPSA) is 103 Å². The highest BCUT2D eigenvalue weighted by molar-refractivity contribution is 7.85. The molecule has 208 valence electrons. The summed E-state index contributed by atoms with van der Waals surface area (Å²) < 4.78 is 49.2. The number of β-amino-alcohol motifs (C(OH)–C–C–N with tert-alkyl or cyclic N) is 1. The SMILES string of the molecule is CN(c1nc2ccccc2s1)C1CCN(CC(O)COc2ccc(F)cc2)C1.Cc1ccc(S(=O)(=O)O)cc1. The number of halogens is 1. The number of aliphatic hydroxyl groups excluding tert-OH is 1. The number of para-hydroxylation sites is 1. The van der Waals surface area contributed by atoms with Gasteiger partial charge in [-0.15, -0.1) is 0 Å². The van der Waals surface area contributed by atoms with Crippen molar-refractivity contribution < 1.29 is 27.2 Å². The van der Waals surface area contributed by atoms with E-state index in [0.29, 0.717) is 18.3 Å². The molecule has 4 aromatic rings. The summed E-state index contributed by atoms with van der Waals surface area (Å²) in [4.78, 5) is 9.19. The Morgan fingerprint density at radius 2 is 1.82 bits per heavy atom. The maximum absolute atomic E-state index is 12.9. The van der Waals surface area contributed by atoms with E-state index in [2.05, 4.69) is 22.9 Å². The molecule has 0 bridgehead atoms. The van der Waals surface area contributed by atoms with Crippen molar-refractivity contribution >= 4 is 36.8 Å². The number of likely N-dealkylation sites (N-methyl/N-ethyl adjacent to an activating group) is 1. The maximum Gasteiger partial charge on any atom is 0.294 e. The van der Waals surface area contributed by atoms with Crippen LogP contribution in [0.4, 0.5) is 9.52 Å². The van der Waals surface area contributed by atoms with Crippen LogP contribution < -0.4 is 9.64 Å². The average Bonchev–Trinajstić information content (AvgIpc) is 3.55. The van der Waals surface area contributed by atoms with Crippen LogP contribution in [0.15, 0.2) is 77.7 Å². The first-order chi connectivity index (χ1) is 18.6. The molecule has 2 atom stereocenters. The Bertz CT molecular complexity index is 1430. The summed E-state index contributed by atoms with van der Waals surface area (Å²) in [6, 6.07) is 20.4. The lowest BCUT2D eigenvalue weighted by atomic mass is 10.2. The Hall–Kier alpha value is -3.09. The predicted molar refractivity (Wildman–Crippen MR) is 152 cm³/mol. The monoisotopic (exact) mass is 573 g/mol. The van der Waals surface area contributed by atoms with Crippen LogP contribution in [0.25, 0.3) is 10.2 Å². The van der Waals surface area contributed by atoms with E-state index in [9.17, 15) is 17.9 Å². The van der Waals surface area contributed by atoms with Crippen LogP contribution in [0, 0.1) is 12.7 Å². The molecule has 8 nitrogen and oxygen atoms in total. The smallest absolute Gasteiger partial charge is 0.294 e. The largest absolute Gasteiger partial charge is 0.491 e. The van der Waals surface area contributed by atoms with E-state index < -0.39 is 16.2 Å². The van der Waals surface area contributed by atoms with Gasteiger partial charge in [0.05, 0.1) is 15.1 Å². The summed E-state index contributed by atoms with van der Waals surface area (Å²) in [5.41, 5.74) is 2.00. The molecule has 2 heterocycles. The van der Waals surface area contributed by atoms with Gasteiger partial charge in [0.1, 0.15) is 24.3 Å². The van der Waals surface area contributed by atoms with Gasteiger partial charge < -0.3 is 14.7 Å². The summed E-state index contributed by atoms with van der Waals surface area (Å²) in [5.74, 6) is 0.267. The molecule has 11 heteroatoms. The molecule has 1 saturated heterocycles. The molecule has 2 unspecified atom stereocenters. The van der Waals surface area contributed by atoms with Gasteiger partial charge in [-0.25, -0.2) is 9.37 Å². The van der Waals surface area contributed by atoms with Crippen molar-refractivity contribution in [3.63, 3.8) is 0 Å². The van der Waals surface area contributed by atoms with E-state index in [1.165, 1.54) is 29.0 Å². The molecule has 1 aromatic heterocycles. The van der Waals surface area contributed by atoms with E-state index in [-0.39, 0.29) is 17.3 Å². The Kier molecular flexibility index (Phi) is 9.52. The van der Waals surface area contributed by atoms with Crippen LogP contribution in [-0.4, -0.2) is 73.4 Å². The van der Waals surface area contributed by atoms with E-state index in [1.54, 1.807) is 35.6 Å². The first-order valence-corrected chi connectivity index (χ1v) is 14.8. The number of ether oxygens (including phenoxy) is 1. The summed E-state index contributed by atoms with van der Waals surface area (Å²) in [7, 11) is -1.92. The summed E-state index contributed by atoms with van der Waals surface area (Å²) in [5, 5.41) is 11.3. The molecule has 39 heavy (non-hydrogen) atoms. The van der Waals surface area contributed by atoms with Crippen molar-refractivity contribution in [2.24, 2.45) is 0 Å². The minimum atomic E-state index is -4.02. The third-order valence-electron chi connectivity index (χ3n) is 6.42. The fraction of sp³-hybridized carbons (Fsp3) is 0.321. The fourth-order valence-electron chi connectivity index (χ4n) is 4.25. The molecule has 1 aliphatic rings. The van der Waals surface area contributed by atoms with Crippen LogP contribution in [0.1, 0.15) is 12.0 Å². The van der Waals surface area contributed by atoms with E-state index in [0.717, 1.165) is 35.7 Å². The predicted octanol–water partition coefficient (Wildman–Crippen LogP) is 4.63. The van der Waals surface area contributed by atoms with Crippen LogP contribution in [-0.2, 0) is 10.1 Å². The number of benzene rings is 3. The standard InChI is InChI=1S/C21H24FN3O2S.C7H8O3S/c1-24(21-23-19-4-2-3-5-20(19)28-21)16-10-11-25(12-16)13-17(26)14-27-18-8-6-15(22)7-9-18;1-6-2-4-7(5-3-6)11(8,9)10/h2-9,16-17,26H,10-14H2,1H3;2-5H,1H3,(H,8,9,10).